The van der Waals surface area contributed by atoms with Crippen LogP contribution in [0, 0.1) is 6.92 Å². The molecule has 4 rings (SSSR count). The Morgan fingerprint density at radius 1 is 1.24 bits per heavy atom. The number of aromatic nitrogens is 3. The average Bonchev–Trinajstić information content (AvgIpc) is 3.34. The molecule has 1 aliphatic heterocycles. The first-order valence-corrected chi connectivity index (χ1v) is 10.6. The van der Waals surface area contributed by atoms with Gasteiger partial charge in [-0.1, -0.05) is 18.2 Å². The number of carbonyl (C=O) groups excluding carboxylic acids is 2. The third kappa shape index (κ3) is 4.42. The molecule has 10 nitrogen and oxygen atoms in total. The van der Waals surface area contributed by atoms with Crippen molar-refractivity contribution in [3.63, 3.8) is 0 Å². The molecular weight excluding hydrogens is 428 g/mol. The summed E-state index contributed by atoms with van der Waals surface area (Å²) >= 11 is 0. The maximum Gasteiger partial charge on any atom is 0.338 e. The highest BCUT2D eigenvalue weighted by Crippen LogP contribution is 2.18. The van der Waals surface area contributed by atoms with E-state index in [0.717, 1.165) is 17.4 Å². The van der Waals surface area contributed by atoms with E-state index in [-0.39, 0.29) is 22.7 Å². The molecule has 1 fully saturated rings. The predicted octanol–water partition coefficient (Wildman–Crippen LogP) is 0.938. The summed E-state index contributed by atoms with van der Waals surface area (Å²) in [5.41, 5.74) is -0.661. The summed E-state index contributed by atoms with van der Waals surface area (Å²) in [4.78, 5) is 56.3. The lowest BCUT2D eigenvalue weighted by Crippen LogP contribution is -2.45. The molecule has 1 saturated heterocycles. The van der Waals surface area contributed by atoms with Gasteiger partial charge in [0.2, 0.25) is 5.91 Å². The number of hydrogen-bond donors (Lipinski definition) is 1. The molecule has 172 valence electrons. The smallest absolute Gasteiger partial charge is 0.338 e. The van der Waals surface area contributed by atoms with Crippen LogP contribution in [0.15, 0.2) is 46.0 Å². The second-order valence-corrected chi connectivity index (χ2v) is 7.79. The number of carbonyl (C=O) groups is 2. The highest BCUT2D eigenvalue weighted by Gasteiger charge is 2.24. The van der Waals surface area contributed by atoms with Crippen molar-refractivity contribution in [3.05, 3.63) is 68.5 Å². The number of pyridine rings is 1. The van der Waals surface area contributed by atoms with Crippen LogP contribution in [0.1, 0.15) is 28.9 Å². The highest BCUT2D eigenvalue weighted by molar-refractivity contribution is 6.02. The topological polar surface area (TPSA) is 122 Å². The zero-order valence-electron chi connectivity index (χ0n) is 18.4. The first-order valence-electron chi connectivity index (χ1n) is 10.6. The molecule has 0 saturated carbocycles. The van der Waals surface area contributed by atoms with Crippen LogP contribution >= 0.6 is 0 Å². The summed E-state index contributed by atoms with van der Waals surface area (Å²) in [6.45, 7) is 2.08. The number of methoxy groups -OCH3 is 1. The van der Waals surface area contributed by atoms with Crippen molar-refractivity contribution in [3.8, 4) is 5.69 Å². The van der Waals surface area contributed by atoms with Gasteiger partial charge in [-0.25, -0.2) is 23.7 Å². The fourth-order valence-corrected chi connectivity index (χ4v) is 3.92. The zero-order valence-corrected chi connectivity index (χ0v) is 18.4. The Balaban J connectivity index is 1.88. The van der Waals surface area contributed by atoms with Gasteiger partial charge in [0.1, 0.15) is 6.54 Å². The molecule has 10 heteroatoms. The van der Waals surface area contributed by atoms with Crippen molar-refractivity contribution in [2.24, 2.45) is 0 Å². The van der Waals surface area contributed by atoms with Gasteiger partial charge in [0.25, 0.3) is 5.56 Å². The minimum absolute atomic E-state index is 0.0209. The number of amides is 1. The number of nitrogens with one attached hydrogen (secondary N) is 1. The molecule has 1 atom stereocenters. The second-order valence-electron chi connectivity index (χ2n) is 7.79. The number of esters is 1. The summed E-state index contributed by atoms with van der Waals surface area (Å²) in [5, 5.41) is 2.62. The van der Waals surface area contributed by atoms with Crippen LogP contribution < -0.4 is 16.6 Å². The normalized spacial score (nSPS) is 15.5. The van der Waals surface area contributed by atoms with Gasteiger partial charge in [-0.2, -0.15) is 0 Å². The first-order chi connectivity index (χ1) is 15.9. The van der Waals surface area contributed by atoms with Gasteiger partial charge in [0.05, 0.1) is 29.9 Å². The molecule has 2 aromatic heterocycles. The van der Waals surface area contributed by atoms with Crippen molar-refractivity contribution in [1.82, 2.24) is 19.4 Å². The molecular formula is C23H24N4O6. The van der Waals surface area contributed by atoms with Crippen LogP contribution in [-0.2, 0) is 20.8 Å². The molecule has 33 heavy (non-hydrogen) atoms. The Kier molecular flexibility index (Phi) is 6.36. The molecule has 3 aromatic rings. The number of rotatable bonds is 6. The Labute approximate surface area is 188 Å². The molecule has 1 aromatic carbocycles. The molecule has 1 amide bonds. The van der Waals surface area contributed by atoms with Crippen LogP contribution in [0.3, 0.4) is 0 Å². The average molecular weight is 452 g/mol. The summed E-state index contributed by atoms with van der Waals surface area (Å²) in [5.74, 6) is -1.25. The van der Waals surface area contributed by atoms with Crippen molar-refractivity contribution < 1.29 is 19.1 Å². The molecule has 1 unspecified atom stereocenters. The number of hydrogen-bond acceptors (Lipinski definition) is 7. The van der Waals surface area contributed by atoms with Gasteiger partial charge in [0.15, 0.2) is 5.65 Å². The van der Waals surface area contributed by atoms with Gasteiger partial charge in [-0.3, -0.25) is 9.59 Å². The quantitative estimate of drug-likeness (QED) is 0.553. The largest absolute Gasteiger partial charge is 0.465 e. The summed E-state index contributed by atoms with van der Waals surface area (Å²) in [6.07, 6.45) is 1.68. The number of para-hydroxylation sites is 1. The van der Waals surface area contributed by atoms with Gasteiger partial charge in [-0.15, -0.1) is 0 Å². The number of nitrogens with zero attached hydrogens (tertiary/aromatic N) is 3. The van der Waals surface area contributed by atoms with Gasteiger partial charge in [-0.05, 0) is 38.0 Å². The molecule has 1 aliphatic rings. The number of aryl methyl sites for hydroxylation is 1. The van der Waals surface area contributed by atoms with E-state index in [4.69, 9.17) is 9.47 Å². The molecule has 0 spiro atoms. The third-order valence-corrected chi connectivity index (χ3v) is 5.49. The van der Waals surface area contributed by atoms with E-state index >= 15 is 0 Å². The van der Waals surface area contributed by atoms with Gasteiger partial charge in [0, 0.05) is 18.8 Å². The summed E-state index contributed by atoms with van der Waals surface area (Å²) in [6, 6.07) is 10.0. The van der Waals surface area contributed by atoms with Crippen LogP contribution in [0.5, 0.6) is 0 Å². The minimum Gasteiger partial charge on any atom is -0.465 e. The van der Waals surface area contributed by atoms with E-state index in [0.29, 0.717) is 24.5 Å². The first kappa shape index (κ1) is 22.4. The summed E-state index contributed by atoms with van der Waals surface area (Å²) in [7, 11) is 1.20. The van der Waals surface area contributed by atoms with Crippen molar-refractivity contribution >= 4 is 22.9 Å². The van der Waals surface area contributed by atoms with E-state index in [1.807, 2.05) is 0 Å². The number of benzene rings is 1. The molecule has 1 N–H and O–H groups in total. The Morgan fingerprint density at radius 2 is 2.00 bits per heavy atom. The SMILES string of the molecule is COC(=O)c1cc(C)nc2c1c(=O)n(CC(=O)NCC1CCCO1)c(=O)n2-c1ccccc1. The highest BCUT2D eigenvalue weighted by atomic mass is 16.5. The maximum absolute atomic E-state index is 13.4. The van der Waals surface area contributed by atoms with Crippen molar-refractivity contribution in [2.45, 2.75) is 32.4 Å². The standard InChI is InChI=1S/C23H24N4O6/c1-14-11-17(22(30)32-2)19-20(25-14)27(15-7-4-3-5-8-15)23(31)26(21(19)29)13-18(28)24-12-16-9-6-10-33-16/h3-5,7-8,11,16H,6,9-10,12-13H2,1-2H3,(H,24,28). The Hall–Kier alpha value is -3.79. The lowest BCUT2D eigenvalue weighted by molar-refractivity contribution is -0.122. The van der Waals surface area contributed by atoms with E-state index in [1.165, 1.54) is 17.7 Å². The number of fused-ring (bicyclic) bond motifs is 1. The molecule has 0 radical (unpaired) electrons. The fraction of sp³-hybridized carbons (Fsp3) is 0.348. The van der Waals surface area contributed by atoms with Crippen LogP contribution in [-0.4, -0.2) is 52.4 Å². The molecule has 0 aliphatic carbocycles. The summed E-state index contributed by atoms with van der Waals surface area (Å²) < 4.78 is 12.4. The van der Waals surface area contributed by atoms with Crippen LogP contribution in [0.25, 0.3) is 16.7 Å². The Bertz CT molecular complexity index is 1320. The van der Waals surface area contributed by atoms with Crippen LogP contribution in [0.4, 0.5) is 0 Å². The number of ether oxygens (including phenoxy) is 2. The lowest BCUT2D eigenvalue weighted by Gasteiger charge is -2.16. The zero-order chi connectivity index (χ0) is 23.5. The van der Waals surface area contributed by atoms with Gasteiger partial charge < -0.3 is 14.8 Å². The van der Waals surface area contributed by atoms with E-state index in [2.05, 4.69) is 10.3 Å². The fourth-order valence-electron chi connectivity index (χ4n) is 3.92. The second kappa shape index (κ2) is 9.37. The van der Waals surface area contributed by atoms with Crippen molar-refractivity contribution in [2.75, 3.05) is 20.3 Å². The van der Waals surface area contributed by atoms with E-state index in [9.17, 15) is 19.2 Å². The maximum atomic E-state index is 13.4. The van der Waals surface area contributed by atoms with E-state index in [1.54, 1.807) is 37.3 Å². The molecule has 3 heterocycles. The monoisotopic (exact) mass is 452 g/mol. The molecule has 0 bridgehead atoms. The third-order valence-electron chi connectivity index (χ3n) is 5.49. The van der Waals surface area contributed by atoms with E-state index < -0.39 is 29.7 Å². The van der Waals surface area contributed by atoms with Crippen molar-refractivity contribution in [1.29, 1.82) is 0 Å². The minimum atomic E-state index is -0.789. The Morgan fingerprint density at radius 3 is 2.67 bits per heavy atom. The van der Waals surface area contributed by atoms with Gasteiger partial charge >= 0.3 is 11.7 Å². The predicted molar refractivity (Wildman–Crippen MR) is 120 cm³/mol. The lowest BCUT2D eigenvalue weighted by atomic mass is 10.1. The van der Waals surface area contributed by atoms with Crippen LogP contribution in [0.2, 0.25) is 0 Å².